The quantitative estimate of drug-likeness (QED) is 0.376. The number of para-hydroxylation sites is 1. The lowest BCUT2D eigenvalue weighted by molar-refractivity contribution is 0.426. The zero-order valence-corrected chi connectivity index (χ0v) is 19.1. The topological polar surface area (TPSA) is 125 Å². The number of benzene rings is 2. The van der Waals surface area contributed by atoms with E-state index < -0.39 is 6.04 Å². The van der Waals surface area contributed by atoms with Gasteiger partial charge in [-0.05, 0) is 44.2 Å². The Balaban J connectivity index is 1.69. The van der Waals surface area contributed by atoms with Crippen molar-refractivity contribution in [2.24, 2.45) is 0 Å². The largest absolute Gasteiger partial charge is 0.398 e. The van der Waals surface area contributed by atoms with Crippen LogP contribution in [-0.2, 0) is 0 Å². The first kappa shape index (κ1) is 21.9. The van der Waals surface area contributed by atoms with Gasteiger partial charge in [0.2, 0.25) is 0 Å². The molecule has 3 heterocycles. The third kappa shape index (κ3) is 3.87. The molecule has 0 fully saturated rings. The first-order valence-corrected chi connectivity index (χ1v) is 10.9. The van der Waals surface area contributed by atoms with Crippen LogP contribution in [0.25, 0.3) is 28.0 Å². The average Bonchev–Trinajstić information content (AvgIpc) is 3.29. The summed E-state index contributed by atoms with van der Waals surface area (Å²) in [5.74, 6) is 4.21. The summed E-state index contributed by atoms with van der Waals surface area (Å²) in [7, 11) is 0. The average molecular weight is 464 g/mol. The minimum Gasteiger partial charge on any atom is -0.398 e. The van der Waals surface area contributed by atoms with E-state index in [1.54, 1.807) is 42.0 Å². The van der Waals surface area contributed by atoms with Crippen molar-refractivity contribution in [3.8, 4) is 29.5 Å². The minimum absolute atomic E-state index is 0.244. The van der Waals surface area contributed by atoms with E-state index in [-0.39, 0.29) is 11.4 Å². The number of rotatable bonds is 5. The van der Waals surface area contributed by atoms with E-state index in [1.165, 1.54) is 0 Å². The number of hydrogen-bond acceptors (Lipinski definition) is 8. The van der Waals surface area contributed by atoms with Gasteiger partial charge >= 0.3 is 0 Å². The summed E-state index contributed by atoms with van der Waals surface area (Å²) in [5, 5.41) is 7.57. The van der Waals surface area contributed by atoms with Gasteiger partial charge in [-0.2, -0.15) is 4.98 Å². The Bertz CT molecular complexity index is 1650. The molecule has 0 saturated carbocycles. The predicted octanol–water partition coefficient (Wildman–Crippen LogP) is 3.88. The van der Waals surface area contributed by atoms with Gasteiger partial charge in [0.25, 0.3) is 11.4 Å². The number of nitrogens with two attached hydrogens (primary N) is 1. The third-order valence-electron chi connectivity index (χ3n) is 5.56. The van der Waals surface area contributed by atoms with Crippen molar-refractivity contribution in [3.05, 3.63) is 88.4 Å². The van der Waals surface area contributed by atoms with Crippen LogP contribution in [0.1, 0.15) is 30.2 Å². The number of aromatic nitrogens is 5. The summed E-state index contributed by atoms with van der Waals surface area (Å²) in [6, 6.07) is 15.8. The molecule has 0 spiro atoms. The second-order valence-corrected chi connectivity index (χ2v) is 7.93. The van der Waals surface area contributed by atoms with Crippen LogP contribution in [0.4, 0.5) is 11.5 Å². The summed E-state index contributed by atoms with van der Waals surface area (Å²) in [4.78, 5) is 27.3. The lowest BCUT2D eigenvalue weighted by Gasteiger charge is -2.21. The number of fused-ring (bicyclic) bond motifs is 1. The molecule has 2 aromatic carbocycles. The molecule has 9 nitrogen and oxygen atoms in total. The fourth-order valence-electron chi connectivity index (χ4n) is 3.96. The normalized spacial score (nSPS) is 11.8. The number of nitrogen functional groups attached to an aromatic ring is 1. The van der Waals surface area contributed by atoms with Crippen molar-refractivity contribution in [3.63, 3.8) is 0 Å². The van der Waals surface area contributed by atoms with Crippen LogP contribution in [0.15, 0.2) is 70.1 Å². The molecule has 0 bridgehead atoms. The van der Waals surface area contributed by atoms with E-state index in [0.29, 0.717) is 50.9 Å². The summed E-state index contributed by atoms with van der Waals surface area (Å²) >= 11 is 0. The van der Waals surface area contributed by atoms with Gasteiger partial charge in [-0.25, -0.2) is 9.97 Å². The molecule has 0 saturated heterocycles. The SMILES string of the molecule is C#Cc1cccc2nc([C@H](C)Nc3nccc(N)c3-c3nc(C)no3)n(-c3ccccc3)c(=O)c12. The Labute approximate surface area is 200 Å². The van der Waals surface area contributed by atoms with E-state index in [4.69, 9.17) is 21.7 Å². The number of hydrogen-bond donors (Lipinski definition) is 2. The molecule has 5 rings (SSSR count). The zero-order chi connectivity index (χ0) is 24.5. The van der Waals surface area contributed by atoms with E-state index >= 15 is 0 Å². The maximum atomic E-state index is 13.8. The van der Waals surface area contributed by atoms with Crippen molar-refractivity contribution in [1.82, 2.24) is 24.7 Å². The van der Waals surface area contributed by atoms with Crippen molar-refractivity contribution < 1.29 is 4.52 Å². The lowest BCUT2D eigenvalue weighted by atomic mass is 10.1. The molecule has 5 aromatic rings. The fourth-order valence-corrected chi connectivity index (χ4v) is 3.96. The number of anilines is 2. The fraction of sp³-hybridized carbons (Fsp3) is 0.115. The van der Waals surface area contributed by atoms with Gasteiger partial charge < -0.3 is 15.6 Å². The lowest BCUT2D eigenvalue weighted by Crippen LogP contribution is -2.28. The number of aryl methyl sites for hydroxylation is 1. The number of nitrogens with one attached hydrogen (secondary N) is 1. The van der Waals surface area contributed by atoms with Gasteiger partial charge in [-0.1, -0.05) is 35.3 Å². The van der Waals surface area contributed by atoms with Crippen molar-refractivity contribution >= 4 is 22.4 Å². The molecule has 0 radical (unpaired) electrons. The van der Waals surface area contributed by atoms with Gasteiger partial charge in [-0.15, -0.1) is 6.42 Å². The maximum Gasteiger partial charge on any atom is 0.267 e. The van der Waals surface area contributed by atoms with Crippen LogP contribution in [-0.4, -0.2) is 24.7 Å². The Morgan fingerprint density at radius 2 is 1.91 bits per heavy atom. The third-order valence-corrected chi connectivity index (χ3v) is 5.56. The minimum atomic E-state index is -0.473. The summed E-state index contributed by atoms with van der Waals surface area (Å²) in [6.07, 6.45) is 7.26. The first-order valence-electron chi connectivity index (χ1n) is 10.9. The molecule has 0 aliphatic rings. The van der Waals surface area contributed by atoms with Gasteiger partial charge in [0.05, 0.1) is 22.6 Å². The van der Waals surface area contributed by atoms with Gasteiger partial charge in [0.15, 0.2) is 5.82 Å². The molecule has 0 aliphatic heterocycles. The smallest absolute Gasteiger partial charge is 0.267 e. The second kappa shape index (κ2) is 8.76. The molecular weight excluding hydrogens is 442 g/mol. The Morgan fingerprint density at radius 1 is 1.11 bits per heavy atom. The van der Waals surface area contributed by atoms with Crippen LogP contribution in [0, 0.1) is 19.3 Å². The molecule has 35 heavy (non-hydrogen) atoms. The molecule has 3 aromatic heterocycles. The highest BCUT2D eigenvalue weighted by Gasteiger charge is 2.23. The number of pyridine rings is 1. The Morgan fingerprint density at radius 3 is 2.63 bits per heavy atom. The van der Waals surface area contributed by atoms with Gasteiger partial charge in [0.1, 0.15) is 17.2 Å². The monoisotopic (exact) mass is 463 g/mol. The molecule has 0 unspecified atom stereocenters. The van der Waals surface area contributed by atoms with Crippen LogP contribution < -0.4 is 16.6 Å². The molecule has 9 heteroatoms. The first-order chi connectivity index (χ1) is 17.0. The number of nitrogens with zero attached hydrogens (tertiary/aromatic N) is 5. The second-order valence-electron chi connectivity index (χ2n) is 7.93. The van der Waals surface area contributed by atoms with Crippen LogP contribution in [0.5, 0.6) is 0 Å². The van der Waals surface area contributed by atoms with Crippen LogP contribution >= 0.6 is 0 Å². The molecule has 172 valence electrons. The van der Waals surface area contributed by atoms with E-state index in [0.717, 1.165) is 0 Å². The molecule has 0 aliphatic carbocycles. The van der Waals surface area contributed by atoms with Crippen molar-refractivity contribution in [1.29, 1.82) is 0 Å². The van der Waals surface area contributed by atoms with Crippen LogP contribution in [0.3, 0.4) is 0 Å². The van der Waals surface area contributed by atoms with E-state index in [1.807, 2.05) is 37.3 Å². The Hall–Kier alpha value is -4.97. The highest BCUT2D eigenvalue weighted by molar-refractivity contribution is 5.85. The summed E-state index contributed by atoms with van der Waals surface area (Å²) in [5.41, 5.74) is 8.53. The predicted molar refractivity (Wildman–Crippen MR) is 134 cm³/mol. The molecule has 1 atom stereocenters. The summed E-state index contributed by atoms with van der Waals surface area (Å²) in [6.45, 7) is 3.60. The van der Waals surface area contributed by atoms with Crippen LogP contribution in [0.2, 0.25) is 0 Å². The molecule has 3 N–H and O–H groups in total. The van der Waals surface area contributed by atoms with Gasteiger partial charge in [-0.3, -0.25) is 9.36 Å². The number of terminal acetylenes is 1. The maximum absolute atomic E-state index is 13.8. The molecule has 0 amide bonds. The summed E-state index contributed by atoms with van der Waals surface area (Å²) < 4.78 is 6.90. The van der Waals surface area contributed by atoms with Crippen molar-refractivity contribution in [2.75, 3.05) is 11.1 Å². The van der Waals surface area contributed by atoms with Gasteiger partial charge in [0, 0.05) is 17.4 Å². The zero-order valence-electron chi connectivity index (χ0n) is 19.1. The van der Waals surface area contributed by atoms with E-state index in [2.05, 4.69) is 26.4 Å². The Kier molecular flexibility index (Phi) is 5.47. The van der Waals surface area contributed by atoms with Crippen molar-refractivity contribution in [2.45, 2.75) is 19.9 Å². The highest BCUT2D eigenvalue weighted by atomic mass is 16.5. The molecular formula is C26H21N7O2. The van der Waals surface area contributed by atoms with E-state index in [9.17, 15) is 4.79 Å². The standard InChI is InChI=1S/C26H21N7O2/c1-4-17-9-8-12-20-21(17)26(34)33(18-10-6-5-7-11-18)24(31-20)15(2)29-23-22(19(27)13-14-28-23)25-30-16(3)32-35-25/h1,5-15H,2-3H3,(H3,27,28,29)/t15-/m0/s1. The highest BCUT2D eigenvalue weighted by Crippen LogP contribution is 2.33.